The van der Waals surface area contributed by atoms with Crippen molar-refractivity contribution in [2.45, 2.75) is 12.6 Å². The molecule has 0 saturated carbocycles. The van der Waals surface area contributed by atoms with E-state index in [-0.39, 0.29) is 11.3 Å². The molecule has 8 nitrogen and oxygen atoms in total. The molecule has 34 heavy (non-hydrogen) atoms. The van der Waals surface area contributed by atoms with Crippen LogP contribution in [0.1, 0.15) is 15.9 Å². The number of hydrogen-bond donors (Lipinski definition) is 3. The lowest BCUT2D eigenvalue weighted by molar-refractivity contribution is 0.0995. The molecule has 0 radical (unpaired) electrons. The van der Waals surface area contributed by atoms with Crippen molar-refractivity contribution >= 4 is 44.4 Å². The lowest BCUT2D eigenvalue weighted by atomic mass is 10.0. The van der Waals surface area contributed by atoms with Gasteiger partial charge in [-0.15, -0.1) is 0 Å². The Bertz CT molecular complexity index is 1490. The van der Waals surface area contributed by atoms with Gasteiger partial charge in [0, 0.05) is 17.0 Å². The molecule has 4 aromatic rings. The molecular formula is C22H18ClF2N5O3S. The van der Waals surface area contributed by atoms with E-state index < -0.39 is 45.7 Å². The van der Waals surface area contributed by atoms with Gasteiger partial charge in [-0.3, -0.25) is 9.52 Å². The molecule has 1 unspecified atom stereocenters. The molecule has 0 fully saturated rings. The number of H-pyrrole nitrogens is 1. The largest absolute Gasteiger partial charge is 0.365 e. The molecule has 2 aromatic carbocycles. The SMILES string of the molecule is NC(=O)c1c(F)cccc1CC(F)CS(=O)(=O)Nc1cnc2nc(-c3cccc(Cl)c3)[nH]c2c1. The van der Waals surface area contributed by atoms with Crippen molar-refractivity contribution in [3.8, 4) is 11.4 Å². The molecule has 176 valence electrons. The number of nitrogens with two attached hydrogens (primary N) is 1. The van der Waals surface area contributed by atoms with Crippen molar-refractivity contribution in [3.63, 3.8) is 0 Å². The summed E-state index contributed by atoms with van der Waals surface area (Å²) < 4.78 is 55.7. The molecule has 4 rings (SSSR count). The first-order chi connectivity index (χ1) is 16.1. The maximum absolute atomic E-state index is 14.6. The molecule has 0 spiro atoms. The van der Waals surface area contributed by atoms with Gasteiger partial charge in [-0.1, -0.05) is 35.9 Å². The summed E-state index contributed by atoms with van der Waals surface area (Å²) in [5.74, 6) is -2.38. The van der Waals surface area contributed by atoms with Crippen molar-refractivity contribution in [1.82, 2.24) is 15.0 Å². The predicted octanol–water partition coefficient (Wildman–Crippen LogP) is 3.84. The number of carbonyl (C=O) groups excluding carboxylic acids is 1. The summed E-state index contributed by atoms with van der Waals surface area (Å²) in [5, 5.41) is 0.529. The number of nitrogens with one attached hydrogen (secondary N) is 2. The summed E-state index contributed by atoms with van der Waals surface area (Å²) in [7, 11) is -4.14. The van der Waals surface area contributed by atoms with Crippen molar-refractivity contribution in [3.05, 3.63) is 76.7 Å². The maximum atomic E-state index is 14.6. The average molecular weight is 506 g/mol. The van der Waals surface area contributed by atoms with E-state index in [1.54, 1.807) is 24.3 Å². The second-order valence-electron chi connectivity index (χ2n) is 7.51. The van der Waals surface area contributed by atoms with E-state index in [0.717, 1.165) is 11.6 Å². The Balaban J connectivity index is 1.49. The molecule has 0 aliphatic rings. The van der Waals surface area contributed by atoms with Gasteiger partial charge in [0.1, 0.15) is 23.6 Å². The van der Waals surface area contributed by atoms with E-state index in [9.17, 15) is 22.0 Å². The third-order valence-corrected chi connectivity index (χ3v) is 6.48. The van der Waals surface area contributed by atoms with Crippen LogP contribution in [0.25, 0.3) is 22.6 Å². The molecular weight excluding hydrogens is 488 g/mol. The van der Waals surface area contributed by atoms with Crippen LogP contribution in [0.4, 0.5) is 14.5 Å². The third kappa shape index (κ3) is 5.32. The molecule has 2 heterocycles. The van der Waals surface area contributed by atoms with Gasteiger partial charge in [-0.05, 0) is 29.8 Å². The normalized spacial score (nSPS) is 12.6. The van der Waals surface area contributed by atoms with Gasteiger partial charge in [0.2, 0.25) is 10.0 Å². The first-order valence-corrected chi connectivity index (χ1v) is 12.0. The fourth-order valence-corrected chi connectivity index (χ4v) is 4.84. The first kappa shape index (κ1) is 23.6. The number of halogens is 3. The van der Waals surface area contributed by atoms with Gasteiger partial charge in [0.15, 0.2) is 5.65 Å². The fourth-order valence-electron chi connectivity index (χ4n) is 3.50. The number of aromatic amines is 1. The summed E-state index contributed by atoms with van der Waals surface area (Å²) in [5.41, 5.74) is 6.32. The standard InChI is InChI=1S/C22H18ClF2N5O3S/c23-14-5-1-4-13(7-14)21-28-18-9-16(10-27-22(18)29-21)30-34(32,33)11-15(24)8-12-3-2-6-17(25)19(12)20(26)31/h1-7,9-10,15,30H,8,11H2,(H2,26,31)(H,27,28,29). The van der Waals surface area contributed by atoms with E-state index >= 15 is 0 Å². The number of alkyl halides is 1. The second-order valence-corrected chi connectivity index (χ2v) is 9.72. The number of carbonyl (C=O) groups is 1. The van der Waals surface area contributed by atoms with Crippen molar-refractivity contribution in [1.29, 1.82) is 0 Å². The molecule has 0 aliphatic heterocycles. The van der Waals surface area contributed by atoms with Crippen LogP contribution >= 0.6 is 11.6 Å². The van der Waals surface area contributed by atoms with E-state index in [1.165, 1.54) is 24.4 Å². The summed E-state index contributed by atoms with van der Waals surface area (Å²) in [6.07, 6.45) is -1.17. The van der Waals surface area contributed by atoms with Crippen LogP contribution in [0, 0.1) is 5.82 Å². The second kappa shape index (κ2) is 9.35. The van der Waals surface area contributed by atoms with Crippen LogP contribution in [-0.4, -0.2) is 41.2 Å². The number of rotatable bonds is 8. The lowest BCUT2D eigenvalue weighted by Crippen LogP contribution is -2.26. The molecule has 1 atom stereocenters. The Hall–Kier alpha value is -3.57. The summed E-state index contributed by atoms with van der Waals surface area (Å²) >= 11 is 6.01. The smallest absolute Gasteiger partial charge is 0.251 e. The number of benzene rings is 2. The number of aromatic nitrogens is 3. The van der Waals surface area contributed by atoms with Crippen molar-refractivity contribution in [2.24, 2.45) is 5.73 Å². The van der Waals surface area contributed by atoms with Crippen molar-refractivity contribution in [2.75, 3.05) is 10.5 Å². The molecule has 0 saturated heterocycles. The number of sulfonamides is 1. The van der Waals surface area contributed by atoms with Crippen LogP contribution in [0.3, 0.4) is 0 Å². The van der Waals surface area contributed by atoms with E-state index in [2.05, 4.69) is 19.7 Å². The van der Waals surface area contributed by atoms with E-state index in [0.29, 0.717) is 22.0 Å². The Morgan fingerprint density at radius 3 is 2.71 bits per heavy atom. The van der Waals surface area contributed by atoms with Crippen LogP contribution in [0.5, 0.6) is 0 Å². The van der Waals surface area contributed by atoms with Crippen LogP contribution in [0.2, 0.25) is 5.02 Å². The molecule has 1 amide bonds. The van der Waals surface area contributed by atoms with Gasteiger partial charge < -0.3 is 10.7 Å². The minimum absolute atomic E-state index is 0.00992. The monoisotopic (exact) mass is 505 g/mol. The zero-order valence-electron chi connectivity index (χ0n) is 17.4. The predicted molar refractivity (Wildman–Crippen MR) is 125 cm³/mol. The van der Waals surface area contributed by atoms with Gasteiger partial charge in [-0.25, -0.2) is 27.2 Å². The van der Waals surface area contributed by atoms with E-state index in [4.69, 9.17) is 17.3 Å². The topological polar surface area (TPSA) is 131 Å². The number of pyridine rings is 1. The highest BCUT2D eigenvalue weighted by Gasteiger charge is 2.23. The zero-order valence-corrected chi connectivity index (χ0v) is 19.0. The molecule has 12 heteroatoms. The fraction of sp³-hybridized carbons (Fsp3) is 0.136. The average Bonchev–Trinajstić information content (AvgIpc) is 3.16. The Morgan fingerprint density at radius 2 is 1.97 bits per heavy atom. The quantitative estimate of drug-likeness (QED) is 0.335. The van der Waals surface area contributed by atoms with Gasteiger partial charge >= 0.3 is 0 Å². The Labute approximate surface area is 198 Å². The van der Waals surface area contributed by atoms with Gasteiger partial charge in [-0.2, -0.15) is 0 Å². The highest BCUT2D eigenvalue weighted by molar-refractivity contribution is 7.92. The van der Waals surface area contributed by atoms with Gasteiger partial charge in [0.05, 0.1) is 23.0 Å². The molecule has 0 bridgehead atoms. The molecule has 0 aliphatic carbocycles. The number of hydrogen-bond acceptors (Lipinski definition) is 5. The summed E-state index contributed by atoms with van der Waals surface area (Å²) in [4.78, 5) is 23.0. The highest BCUT2D eigenvalue weighted by Crippen LogP contribution is 2.24. The van der Waals surface area contributed by atoms with E-state index in [1.807, 2.05) is 0 Å². The maximum Gasteiger partial charge on any atom is 0.251 e. The number of imidazole rings is 1. The minimum Gasteiger partial charge on any atom is -0.365 e. The van der Waals surface area contributed by atoms with Crippen LogP contribution in [0.15, 0.2) is 54.7 Å². The van der Waals surface area contributed by atoms with Crippen molar-refractivity contribution < 1.29 is 22.0 Å². The highest BCUT2D eigenvalue weighted by atomic mass is 35.5. The first-order valence-electron chi connectivity index (χ1n) is 9.95. The van der Waals surface area contributed by atoms with Crippen LogP contribution < -0.4 is 10.5 Å². The zero-order chi connectivity index (χ0) is 24.5. The number of fused-ring (bicyclic) bond motifs is 1. The number of nitrogens with zero attached hydrogens (tertiary/aromatic N) is 2. The molecule has 4 N–H and O–H groups in total. The van der Waals surface area contributed by atoms with Gasteiger partial charge in [0.25, 0.3) is 5.91 Å². The number of primary amides is 1. The Morgan fingerprint density at radius 1 is 1.21 bits per heavy atom. The lowest BCUT2D eigenvalue weighted by Gasteiger charge is -2.13. The number of anilines is 1. The summed E-state index contributed by atoms with van der Waals surface area (Å²) in [6, 6.07) is 12.1. The molecule has 2 aromatic heterocycles. The van der Waals surface area contributed by atoms with Crippen LogP contribution in [-0.2, 0) is 16.4 Å². The Kier molecular flexibility index (Phi) is 6.49. The third-order valence-electron chi connectivity index (χ3n) is 4.90. The number of amides is 1. The summed E-state index contributed by atoms with van der Waals surface area (Å²) in [6.45, 7) is 0. The minimum atomic E-state index is -4.14.